The Labute approximate surface area is 140 Å². The lowest BCUT2D eigenvalue weighted by atomic mass is 10.1. The first kappa shape index (κ1) is 19.3. The number of carbonyl (C=O) groups excluding carboxylic acids is 3. The number of amides is 3. The first-order chi connectivity index (χ1) is 11.5. The fourth-order valence-corrected chi connectivity index (χ4v) is 1.96. The lowest BCUT2D eigenvalue weighted by molar-refractivity contribution is -0.140. The molecule has 1 aromatic rings. The molecule has 0 saturated heterocycles. The number of urea groups is 1. The van der Waals surface area contributed by atoms with Gasteiger partial charge in [0, 0.05) is 25.6 Å². The molecule has 0 aliphatic heterocycles. The standard InChI is InChI=1S/C16H23N3O5/c1-17-15(21)11-7-8-13(23-2)12(10-11)19-16(22)18-9-5-4-6-14(20)24-3/h7-8,10H,4-6,9H2,1-3H3,(H,17,21)(H2,18,19,22). The fraction of sp³-hybridized carbons (Fsp3) is 0.438. The third kappa shape index (κ3) is 6.15. The summed E-state index contributed by atoms with van der Waals surface area (Å²) in [5, 5.41) is 7.84. The molecule has 3 amide bonds. The van der Waals surface area contributed by atoms with E-state index in [9.17, 15) is 14.4 Å². The molecule has 0 aliphatic rings. The molecular formula is C16H23N3O5. The number of anilines is 1. The van der Waals surface area contributed by atoms with Gasteiger partial charge in [0.2, 0.25) is 0 Å². The fourth-order valence-electron chi connectivity index (χ4n) is 1.96. The number of rotatable bonds is 8. The summed E-state index contributed by atoms with van der Waals surface area (Å²) in [7, 11) is 4.35. The molecule has 24 heavy (non-hydrogen) atoms. The predicted octanol–water partition coefficient (Wildman–Crippen LogP) is 1.52. The maximum absolute atomic E-state index is 11.9. The Kier molecular flexibility index (Phi) is 8.10. The molecular weight excluding hydrogens is 314 g/mol. The van der Waals surface area contributed by atoms with Crippen molar-refractivity contribution in [2.24, 2.45) is 0 Å². The maximum Gasteiger partial charge on any atom is 0.319 e. The lowest BCUT2D eigenvalue weighted by Crippen LogP contribution is -2.30. The molecule has 0 aliphatic carbocycles. The van der Waals surface area contributed by atoms with Gasteiger partial charge >= 0.3 is 12.0 Å². The first-order valence-corrected chi connectivity index (χ1v) is 7.53. The molecule has 0 heterocycles. The molecule has 0 aromatic heterocycles. The van der Waals surface area contributed by atoms with E-state index in [0.29, 0.717) is 42.8 Å². The molecule has 0 unspecified atom stereocenters. The van der Waals surface area contributed by atoms with Gasteiger partial charge in [-0.3, -0.25) is 9.59 Å². The van der Waals surface area contributed by atoms with Crippen LogP contribution in [0.1, 0.15) is 29.6 Å². The highest BCUT2D eigenvalue weighted by Gasteiger charge is 2.11. The summed E-state index contributed by atoms with van der Waals surface area (Å²) in [6.07, 6.45) is 1.60. The monoisotopic (exact) mass is 337 g/mol. The van der Waals surface area contributed by atoms with E-state index < -0.39 is 6.03 Å². The highest BCUT2D eigenvalue weighted by Crippen LogP contribution is 2.25. The number of ether oxygens (including phenoxy) is 2. The summed E-state index contributed by atoms with van der Waals surface area (Å²) in [6.45, 7) is 0.417. The summed E-state index contributed by atoms with van der Waals surface area (Å²) in [5.41, 5.74) is 0.803. The van der Waals surface area contributed by atoms with Gasteiger partial charge in [0.25, 0.3) is 5.91 Å². The van der Waals surface area contributed by atoms with Crippen molar-refractivity contribution >= 4 is 23.6 Å². The third-order valence-electron chi connectivity index (χ3n) is 3.26. The van der Waals surface area contributed by atoms with Crippen molar-refractivity contribution < 1.29 is 23.9 Å². The summed E-state index contributed by atoms with van der Waals surface area (Å²) in [5.74, 6) is -0.0809. The molecule has 8 nitrogen and oxygen atoms in total. The van der Waals surface area contributed by atoms with Gasteiger partial charge in [-0.1, -0.05) is 0 Å². The van der Waals surface area contributed by atoms with Crippen LogP contribution in [0.3, 0.4) is 0 Å². The Morgan fingerprint density at radius 2 is 1.88 bits per heavy atom. The molecule has 1 rings (SSSR count). The Morgan fingerprint density at radius 3 is 2.50 bits per heavy atom. The zero-order valence-electron chi connectivity index (χ0n) is 14.1. The zero-order valence-corrected chi connectivity index (χ0v) is 14.1. The Hall–Kier alpha value is -2.77. The maximum atomic E-state index is 11.9. The van der Waals surface area contributed by atoms with Gasteiger partial charge in [-0.05, 0) is 31.0 Å². The summed E-state index contributed by atoms with van der Waals surface area (Å²) >= 11 is 0. The number of unbranched alkanes of at least 4 members (excludes halogenated alkanes) is 1. The van der Waals surface area contributed by atoms with Crippen LogP contribution >= 0.6 is 0 Å². The molecule has 0 saturated carbocycles. The van der Waals surface area contributed by atoms with Crippen LogP contribution in [-0.2, 0) is 9.53 Å². The van der Waals surface area contributed by atoms with Gasteiger partial charge < -0.3 is 25.4 Å². The molecule has 3 N–H and O–H groups in total. The van der Waals surface area contributed by atoms with E-state index in [1.165, 1.54) is 27.3 Å². The summed E-state index contributed by atoms with van der Waals surface area (Å²) in [4.78, 5) is 34.5. The number of benzene rings is 1. The lowest BCUT2D eigenvalue weighted by Gasteiger charge is -2.12. The second-order valence-electron chi connectivity index (χ2n) is 4.91. The second kappa shape index (κ2) is 10.1. The van der Waals surface area contributed by atoms with Crippen molar-refractivity contribution in [2.75, 3.05) is 33.1 Å². The van der Waals surface area contributed by atoms with Gasteiger partial charge in [0.15, 0.2) is 0 Å². The average molecular weight is 337 g/mol. The van der Waals surface area contributed by atoms with Crippen molar-refractivity contribution in [1.82, 2.24) is 10.6 Å². The van der Waals surface area contributed by atoms with Crippen LogP contribution < -0.4 is 20.7 Å². The molecule has 1 aromatic carbocycles. The van der Waals surface area contributed by atoms with Crippen LogP contribution in [0, 0.1) is 0 Å². The number of carbonyl (C=O) groups is 3. The third-order valence-corrected chi connectivity index (χ3v) is 3.26. The van der Waals surface area contributed by atoms with E-state index in [2.05, 4.69) is 20.7 Å². The van der Waals surface area contributed by atoms with E-state index in [-0.39, 0.29) is 11.9 Å². The van der Waals surface area contributed by atoms with Crippen LogP contribution in [0.2, 0.25) is 0 Å². The minimum atomic E-state index is -0.416. The van der Waals surface area contributed by atoms with Crippen LogP contribution in [0.5, 0.6) is 5.75 Å². The molecule has 0 fully saturated rings. The highest BCUT2D eigenvalue weighted by molar-refractivity contribution is 5.97. The minimum absolute atomic E-state index is 0.260. The Bertz CT molecular complexity index is 589. The van der Waals surface area contributed by atoms with E-state index in [1.54, 1.807) is 12.1 Å². The van der Waals surface area contributed by atoms with Crippen LogP contribution in [-0.4, -0.2) is 45.7 Å². The SMILES string of the molecule is CNC(=O)c1ccc(OC)c(NC(=O)NCCCCC(=O)OC)c1. The number of esters is 1. The largest absolute Gasteiger partial charge is 0.495 e. The Balaban J connectivity index is 2.53. The molecule has 0 radical (unpaired) electrons. The number of nitrogens with one attached hydrogen (secondary N) is 3. The van der Waals surface area contributed by atoms with Gasteiger partial charge in [0.1, 0.15) is 5.75 Å². The van der Waals surface area contributed by atoms with E-state index in [0.717, 1.165) is 0 Å². The predicted molar refractivity (Wildman–Crippen MR) is 89.3 cm³/mol. The van der Waals surface area contributed by atoms with Crippen molar-refractivity contribution in [3.05, 3.63) is 23.8 Å². The summed E-state index contributed by atoms with van der Waals surface area (Å²) in [6, 6.07) is 4.33. The van der Waals surface area contributed by atoms with Crippen molar-refractivity contribution in [2.45, 2.75) is 19.3 Å². The van der Waals surface area contributed by atoms with Gasteiger partial charge in [0.05, 0.1) is 19.9 Å². The first-order valence-electron chi connectivity index (χ1n) is 7.53. The average Bonchev–Trinajstić information content (AvgIpc) is 2.60. The van der Waals surface area contributed by atoms with Crippen molar-refractivity contribution in [1.29, 1.82) is 0 Å². The molecule has 8 heteroatoms. The normalized spacial score (nSPS) is 9.79. The smallest absolute Gasteiger partial charge is 0.319 e. The summed E-state index contributed by atoms with van der Waals surface area (Å²) < 4.78 is 9.71. The second-order valence-corrected chi connectivity index (χ2v) is 4.91. The number of methoxy groups -OCH3 is 2. The van der Waals surface area contributed by atoms with Gasteiger partial charge in [-0.25, -0.2) is 4.79 Å². The number of hydrogen-bond acceptors (Lipinski definition) is 5. The molecule has 0 atom stereocenters. The van der Waals surface area contributed by atoms with Crippen LogP contribution in [0.25, 0.3) is 0 Å². The van der Waals surface area contributed by atoms with E-state index >= 15 is 0 Å². The van der Waals surface area contributed by atoms with Gasteiger partial charge in [-0.2, -0.15) is 0 Å². The van der Waals surface area contributed by atoms with Crippen molar-refractivity contribution in [3.63, 3.8) is 0 Å². The molecule has 0 spiro atoms. The van der Waals surface area contributed by atoms with Gasteiger partial charge in [-0.15, -0.1) is 0 Å². The highest BCUT2D eigenvalue weighted by atomic mass is 16.5. The van der Waals surface area contributed by atoms with Crippen molar-refractivity contribution in [3.8, 4) is 5.75 Å². The molecule has 0 bridgehead atoms. The Morgan fingerprint density at radius 1 is 1.12 bits per heavy atom. The quantitative estimate of drug-likeness (QED) is 0.493. The van der Waals surface area contributed by atoms with E-state index in [4.69, 9.17) is 4.74 Å². The topological polar surface area (TPSA) is 106 Å². The van der Waals surface area contributed by atoms with Crippen LogP contribution in [0.15, 0.2) is 18.2 Å². The number of hydrogen-bond donors (Lipinski definition) is 3. The van der Waals surface area contributed by atoms with E-state index in [1.807, 2.05) is 0 Å². The molecule has 132 valence electrons. The minimum Gasteiger partial charge on any atom is -0.495 e. The zero-order chi connectivity index (χ0) is 17.9. The van der Waals surface area contributed by atoms with Crippen LogP contribution in [0.4, 0.5) is 10.5 Å².